The van der Waals surface area contributed by atoms with Crippen LogP contribution in [0.1, 0.15) is 11.4 Å². The highest BCUT2D eigenvalue weighted by molar-refractivity contribution is 9.10. The molecule has 2 rings (SSSR count). The van der Waals surface area contributed by atoms with E-state index in [0.717, 1.165) is 10.3 Å². The maximum Gasteiger partial charge on any atom is 0.128 e. The molecule has 0 bridgehead atoms. The molecule has 0 aliphatic heterocycles. The van der Waals surface area contributed by atoms with E-state index in [1.54, 1.807) is 12.3 Å². The molecule has 0 N–H and O–H groups in total. The number of rotatable bonds is 4. The molecule has 5 heteroatoms. The van der Waals surface area contributed by atoms with Gasteiger partial charge in [-0.1, -0.05) is 22.0 Å². The fourth-order valence-corrected chi connectivity index (χ4v) is 2.12. The fourth-order valence-electron chi connectivity index (χ4n) is 1.79. The van der Waals surface area contributed by atoms with Crippen molar-refractivity contribution in [3.05, 3.63) is 52.3 Å². The van der Waals surface area contributed by atoms with E-state index in [2.05, 4.69) is 20.9 Å². The molecule has 0 saturated carbocycles. The van der Waals surface area contributed by atoms with Crippen molar-refractivity contribution in [2.24, 2.45) is 7.05 Å². The number of hydrogen-bond acceptors (Lipinski definition) is 2. The topological polar surface area (TPSA) is 21.1 Å². The summed E-state index contributed by atoms with van der Waals surface area (Å²) in [7, 11) is 3.91. The minimum atomic E-state index is -0.184. The van der Waals surface area contributed by atoms with Crippen LogP contribution in [-0.4, -0.2) is 21.5 Å². The van der Waals surface area contributed by atoms with Crippen molar-refractivity contribution in [3.63, 3.8) is 0 Å². The zero-order valence-corrected chi connectivity index (χ0v) is 12.0. The predicted molar refractivity (Wildman–Crippen MR) is 72.5 cm³/mol. The highest BCUT2D eigenvalue weighted by Crippen LogP contribution is 2.17. The molecule has 0 amide bonds. The summed E-state index contributed by atoms with van der Waals surface area (Å²) in [6.45, 7) is 1.25. The highest BCUT2D eigenvalue weighted by atomic mass is 79.9. The van der Waals surface area contributed by atoms with Crippen LogP contribution in [0.25, 0.3) is 0 Å². The van der Waals surface area contributed by atoms with Crippen molar-refractivity contribution in [2.75, 3.05) is 7.05 Å². The number of benzene rings is 1. The molecule has 0 atom stereocenters. The Kier molecular flexibility index (Phi) is 4.14. The lowest BCUT2D eigenvalue weighted by Crippen LogP contribution is -2.20. The monoisotopic (exact) mass is 311 g/mol. The average Bonchev–Trinajstić information content (AvgIpc) is 2.69. The number of nitrogens with zero attached hydrogens (tertiary/aromatic N) is 3. The summed E-state index contributed by atoms with van der Waals surface area (Å²) in [6.07, 6.45) is 3.67. The lowest BCUT2D eigenvalue weighted by atomic mass is 10.2. The van der Waals surface area contributed by atoms with Gasteiger partial charge in [0.15, 0.2) is 0 Å². The van der Waals surface area contributed by atoms with Crippen LogP contribution in [0.3, 0.4) is 0 Å². The maximum absolute atomic E-state index is 13.7. The molecule has 1 heterocycles. The summed E-state index contributed by atoms with van der Waals surface area (Å²) in [5.41, 5.74) is 0.690. The third-order valence-electron chi connectivity index (χ3n) is 2.79. The van der Waals surface area contributed by atoms with Gasteiger partial charge in [0, 0.05) is 36.0 Å². The molecule has 3 nitrogen and oxygen atoms in total. The van der Waals surface area contributed by atoms with Gasteiger partial charge in [0.05, 0.1) is 6.54 Å². The van der Waals surface area contributed by atoms with Gasteiger partial charge >= 0.3 is 0 Å². The molecular formula is C13H15BrFN3. The molecule has 18 heavy (non-hydrogen) atoms. The molecule has 0 aliphatic rings. The van der Waals surface area contributed by atoms with Crippen molar-refractivity contribution in [1.29, 1.82) is 0 Å². The molecule has 0 radical (unpaired) electrons. The first-order valence-electron chi connectivity index (χ1n) is 5.65. The predicted octanol–water partition coefficient (Wildman–Crippen LogP) is 2.95. The summed E-state index contributed by atoms with van der Waals surface area (Å²) < 4.78 is 16.4. The second-order valence-corrected chi connectivity index (χ2v) is 5.28. The quantitative estimate of drug-likeness (QED) is 0.865. The lowest BCUT2D eigenvalue weighted by molar-refractivity contribution is 0.302. The van der Waals surface area contributed by atoms with E-state index in [0.29, 0.717) is 18.7 Å². The molecule has 0 aliphatic carbocycles. The first-order chi connectivity index (χ1) is 8.56. The molecule has 1 aromatic heterocycles. The van der Waals surface area contributed by atoms with Crippen LogP contribution in [0.15, 0.2) is 35.1 Å². The van der Waals surface area contributed by atoms with Crippen LogP contribution in [0.4, 0.5) is 4.39 Å². The van der Waals surface area contributed by atoms with Gasteiger partial charge in [0.2, 0.25) is 0 Å². The Balaban J connectivity index is 2.03. The summed E-state index contributed by atoms with van der Waals surface area (Å²) in [6, 6.07) is 5.14. The summed E-state index contributed by atoms with van der Waals surface area (Å²) >= 11 is 3.25. The van der Waals surface area contributed by atoms with Crippen LogP contribution < -0.4 is 0 Å². The number of halogens is 2. The lowest BCUT2D eigenvalue weighted by Gasteiger charge is -2.16. The minimum Gasteiger partial charge on any atom is -0.337 e. The third kappa shape index (κ3) is 3.17. The van der Waals surface area contributed by atoms with Crippen LogP contribution in [0.2, 0.25) is 0 Å². The normalized spacial score (nSPS) is 11.2. The summed E-state index contributed by atoms with van der Waals surface area (Å²) in [4.78, 5) is 6.29. The first kappa shape index (κ1) is 13.2. The highest BCUT2D eigenvalue weighted by Gasteiger charge is 2.08. The molecule has 1 aromatic carbocycles. The van der Waals surface area contributed by atoms with Gasteiger partial charge in [0.25, 0.3) is 0 Å². The van der Waals surface area contributed by atoms with Crippen LogP contribution in [0, 0.1) is 5.82 Å². The largest absolute Gasteiger partial charge is 0.337 e. The van der Waals surface area contributed by atoms with Crippen LogP contribution in [0.5, 0.6) is 0 Å². The van der Waals surface area contributed by atoms with E-state index in [1.165, 1.54) is 6.07 Å². The van der Waals surface area contributed by atoms with Crippen molar-refractivity contribution in [1.82, 2.24) is 14.5 Å². The Labute approximate surface area is 114 Å². The maximum atomic E-state index is 13.7. The third-order valence-corrected chi connectivity index (χ3v) is 3.28. The van der Waals surface area contributed by atoms with Gasteiger partial charge in [0.1, 0.15) is 11.6 Å². The molecular weight excluding hydrogens is 297 g/mol. The van der Waals surface area contributed by atoms with Crippen molar-refractivity contribution >= 4 is 15.9 Å². The summed E-state index contributed by atoms with van der Waals surface area (Å²) in [5.74, 6) is 0.783. The van der Waals surface area contributed by atoms with Gasteiger partial charge in [-0.2, -0.15) is 0 Å². The fraction of sp³-hybridized carbons (Fsp3) is 0.308. The SMILES string of the molecule is CN(Cc1ccc(Br)cc1F)Cc1nccn1C. The molecule has 0 fully saturated rings. The van der Waals surface area contributed by atoms with E-state index in [1.807, 2.05) is 35.8 Å². The zero-order valence-electron chi connectivity index (χ0n) is 10.4. The van der Waals surface area contributed by atoms with E-state index in [9.17, 15) is 4.39 Å². The zero-order chi connectivity index (χ0) is 13.1. The van der Waals surface area contributed by atoms with Crippen molar-refractivity contribution in [2.45, 2.75) is 13.1 Å². The first-order valence-corrected chi connectivity index (χ1v) is 6.44. The molecule has 0 spiro atoms. The Hall–Kier alpha value is -1.20. The van der Waals surface area contributed by atoms with Gasteiger partial charge in [-0.15, -0.1) is 0 Å². The molecule has 0 unspecified atom stereocenters. The van der Waals surface area contributed by atoms with E-state index >= 15 is 0 Å². The van der Waals surface area contributed by atoms with Gasteiger partial charge in [-0.05, 0) is 19.2 Å². The van der Waals surface area contributed by atoms with E-state index in [-0.39, 0.29) is 5.82 Å². The second kappa shape index (κ2) is 5.63. The molecule has 0 saturated heterocycles. The number of aryl methyl sites for hydroxylation is 1. The van der Waals surface area contributed by atoms with E-state index < -0.39 is 0 Å². The second-order valence-electron chi connectivity index (χ2n) is 4.36. The Morgan fingerprint density at radius 1 is 1.39 bits per heavy atom. The Morgan fingerprint density at radius 3 is 2.78 bits per heavy atom. The Bertz CT molecular complexity index is 539. The standard InChI is InChI=1S/C13H15BrFN3/c1-17(9-13-16-5-6-18(13)2)8-10-3-4-11(14)7-12(10)15/h3-7H,8-9H2,1-2H3. The van der Waals surface area contributed by atoms with Gasteiger partial charge in [-0.3, -0.25) is 4.90 Å². The van der Waals surface area contributed by atoms with Crippen molar-refractivity contribution < 1.29 is 4.39 Å². The molecule has 2 aromatic rings. The minimum absolute atomic E-state index is 0.184. The number of imidazole rings is 1. The van der Waals surface area contributed by atoms with Gasteiger partial charge < -0.3 is 4.57 Å². The number of aromatic nitrogens is 2. The Morgan fingerprint density at radius 2 is 2.17 bits per heavy atom. The molecule has 96 valence electrons. The van der Waals surface area contributed by atoms with Crippen LogP contribution >= 0.6 is 15.9 Å². The smallest absolute Gasteiger partial charge is 0.128 e. The van der Waals surface area contributed by atoms with Crippen molar-refractivity contribution in [3.8, 4) is 0 Å². The summed E-state index contributed by atoms with van der Waals surface area (Å²) in [5, 5.41) is 0. The van der Waals surface area contributed by atoms with E-state index in [4.69, 9.17) is 0 Å². The van der Waals surface area contributed by atoms with Crippen LogP contribution in [-0.2, 0) is 20.1 Å². The number of hydrogen-bond donors (Lipinski definition) is 0. The average molecular weight is 312 g/mol. The van der Waals surface area contributed by atoms with Gasteiger partial charge in [-0.25, -0.2) is 9.37 Å².